The zero-order valence-electron chi connectivity index (χ0n) is 13.8. The van der Waals surface area contributed by atoms with Gasteiger partial charge in [0.05, 0.1) is 24.5 Å². The fraction of sp³-hybridized carbons (Fsp3) is 0.312. The van der Waals surface area contributed by atoms with Gasteiger partial charge in [-0.2, -0.15) is 0 Å². The number of carbonyl (C=O) groups excluding carboxylic acids is 2. The van der Waals surface area contributed by atoms with E-state index in [2.05, 4.69) is 10.3 Å². The minimum Gasteiger partial charge on any atom is -0.466 e. The number of sulfone groups is 1. The molecular formula is C16H18N2O5S2. The largest absolute Gasteiger partial charge is 0.466 e. The Balaban J connectivity index is 1.98. The number of amides is 1. The second-order valence-corrected chi connectivity index (χ2v) is 8.35. The van der Waals surface area contributed by atoms with Gasteiger partial charge in [-0.05, 0) is 24.6 Å². The first kappa shape index (κ1) is 19.1. The third kappa shape index (κ3) is 6.28. The van der Waals surface area contributed by atoms with E-state index in [1.807, 2.05) is 0 Å². The molecule has 2 rings (SSSR count). The first-order chi connectivity index (χ1) is 11.8. The molecule has 1 heterocycles. The van der Waals surface area contributed by atoms with Gasteiger partial charge in [0.2, 0.25) is 0 Å². The predicted molar refractivity (Wildman–Crippen MR) is 95.4 cm³/mol. The highest BCUT2D eigenvalue weighted by Crippen LogP contribution is 2.17. The number of hydrogen-bond donors (Lipinski definition) is 1. The molecule has 134 valence electrons. The van der Waals surface area contributed by atoms with Crippen molar-refractivity contribution in [3.63, 3.8) is 0 Å². The molecule has 9 heteroatoms. The van der Waals surface area contributed by atoms with Crippen LogP contribution in [0.15, 0.2) is 29.6 Å². The number of aromatic nitrogens is 1. The lowest BCUT2D eigenvalue weighted by atomic mass is 10.1. The number of hydrogen-bond acceptors (Lipinski definition) is 7. The monoisotopic (exact) mass is 382 g/mol. The standard InChI is InChI=1S/C16H18N2O5S2/c1-3-23-14(19)8-13-9-24-16(17-13)18-15(20)12-6-4-11(5-7-12)10-25(2,21)22/h4-7,9H,3,8,10H2,1-2H3,(H,17,18,20). The Morgan fingerprint density at radius 1 is 1.24 bits per heavy atom. The van der Waals surface area contributed by atoms with Gasteiger partial charge in [-0.25, -0.2) is 13.4 Å². The van der Waals surface area contributed by atoms with Crippen molar-refractivity contribution in [2.45, 2.75) is 19.1 Å². The van der Waals surface area contributed by atoms with Crippen molar-refractivity contribution in [3.8, 4) is 0 Å². The van der Waals surface area contributed by atoms with Crippen LogP contribution in [0.2, 0.25) is 0 Å². The van der Waals surface area contributed by atoms with E-state index in [9.17, 15) is 18.0 Å². The van der Waals surface area contributed by atoms with Gasteiger partial charge < -0.3 is 4.74 Å². The fourth-order valence-corrected chi connectivity index (χ4v) is 3.53. The maximum absolute atomic E-state index is 12.2. The lowest BCUT2D eigenvalue weighted by Crippen LogP contribution is -2.12. The number of benzene rings is 1. The molecule has 0 atom stereocenters. The summed E-state index contributed by atoms with van der Waals surface area (Å²) in [5.41, 5.74) is 1.53. The molecule has 0 aliphatic heterocycles. The zero-order valence-corrected chi connectivity index (χ0v) is 15.4. The molecule has 1 N–H and O–H groups in total. The number of ether oxygens (including phenoxy) is 1. The van der Waals surface area contributed by atoms with E-state index in [0.29, 0.717) is 28.6 Å². The van der Waals surface area contributed by atoms with Gasteiger partial charge in [-0.1, -0.05) is 12.1 Å². The third-order valence-electron chi connectivity index (χ3n) is 3.05. The van der Waals surface area contributed by atoms with Crippen LogP contribution in [-0.2, 0) is 31.5 Å². The second-order valence-electron chi connectivity index (χ2n) is 5.35. The van der Waals surface area contributed by atoms with E-state index in [-0.39, 0.29) is 24.1 Å². The number of anilines is 1. The molecule has 0 fully saturated rings. The van der Waals surface area contributed by atoms with Gasteiger partial charge in [0.15, 0.2) is 15.0 Å². The van der Waals surface area contributed by atoms with Crippen LogP contribution >= 0.6 is 11.3 Å². The van der Waals surface area contributed by atoms with Crippen LogP contribution in [-0.4, -0.2) is 38.1 Å². The summed E-state index contributed by atoms with van der Waals surface area (Å²) in [6.45, 7) is 2.04. The van der Waals surface area contributed by atoms with Crippen LogP contribution < -0.4 is 5.32 Å². The van der Waals surface area contributed by atoms with Crippen LogP contribution in [0.4, 0.5) is 5.13 Å². The Morgan fingerprint density at radius 3 is 2.52 bits per heavy atom. The quantitative estimate of drug-likeness (QED) is 0.735. The molecule has 0 unspecified atom stereocenters. The maximum atomic E-state index is 12.2. The molecule has 0 saturated heterocycles. The van der Waals surface area contributed by atoms with Gasteiger partial charge in [0.1, 0.15) is 0 Å². The van der Waals surface area contributed by atoms with Crippen LogP contribution in [0.1, 0.15) is 28.5 Å². The van der Waals surface area contributed by atoms with Gasteiger partial charge in [-0.15, -0.1) is 11.3 Å². The minimum absolute atomic E-state index is 0.0560. The summed E-state index contributed by atoms with van der Waals surface area (Å²) >= 11 is 1.21. The van der Waals surface area contributed by atoms with Crippen LogP contribution in [0, 0.1) is 0 Å². The first-order valence-electron chi connectivity index (χ1n) is 7.45. The molecule has 1 amide bonds. The average molecular weight is 382 g/mol. The van der Waals surface area contributed by atoms with Crippen molar-refractivity contribution < 1.29 is 22.7 Å². The van der Waals surface area contributed by atoms with E-state index in [1.165, 1.54) is 11.3 Å². The summed E-state index contributed by atoms with van der Waals surface area (Å²) in [5, 5.41) is 4.71. The molecular weight excluding hydrogens is 364 g/mol. The predicted octanol–water partition coefficient (Wildman–Crippen LogP) is 2.05. The zero-order chi connectivity index (χ0) is 18.4. The summed E-state index contributed by atoms with van der Waals surface area (Å²) in [5.74, 6) is -0.798. The smallest absolute Gasteiger partial charge is 0.311 e. The SMILES string of the molecule is CCOC(=O)Cc1csc(NC(=O)c2ccc(CS(C)(=O)=O)cc2)n1. The van der Waals surface area contributed by atoms with Crippen LogP contribution in [0.25, 0.3) is 0 Å². The summed E-state index contributed by atoms with van der Waals surface area (Å²) in [4.78, 5) is 27.8. The van der Waals surface area contributed by atoms with E-state index < -0.39 is 9.84 Å². The number of rotatable bonds is 7. The van der Waals surface area contributed by atoms with Crippen LogP contribution in [0.5, 0.6) is 0 Å². The summed E-state index contributed by atoms with van der Waals surface area (Å²) in [6.07, 6.45) is 1.21. The molecule has 0 radical (unpaired) electrons. The van der Waals surface area contributed by atoms with Crippen molar-refractivity contribution in [3.05, 3.63) is 46.5 Å². The molecule has 0 aliphatic rings. The van der Waals surface area contributed by atoms with Crippen molar-refractivity contribution in [2.24, 2.45) is 0 Å². The summed E-state index contributed by atoms with van der Waals surface area (Å²) in [7, 11) is -3.12. The fourth-order valence-electron chi connectivity index (χ4n) is 2.03. The van der Waals surface area contributed by atoms with E-state index >= 15 is 0 Å². The van der Waals surface area contributed by atoms with Crippen molar-refractivity contribution >= 4 is 38.2 Å². The first-order valence-corrected chi connectivity index (χ1v) is 10.4. The molecule has 0 bridgehead atoms. The number of thiazole rings is 1. The number of nitrogens with zero attached hydrogens (tertiary/aromatic N) is 1. The molecule has 1 aromatic heterocycles. The highest BCUT2D eigenvalue weighted by molar-refractivity contribution is 7.89. The van der Waals surface area contributed by atoms with Gasteiger partial charge in [-0.3, -0.25) is 14.9 Å². The van der Waals surface area contributed by atoms with E-state index in [0.717, 1.165) is 6.26 Å². The van der Waals surface area contributed by atoms with Gasteiger partial charge >= 0.3 is 5.97 Å². The lowest BCUT2D eigenvalue weighted by Gasteiger charge is -2.04. The highest BCUT2D eigenvalue weighted by Gasteiger charge is 2.12. The number of esters is 1. The normalized spacial score (nSPS) is 11.1. The van der Waals surface area contributed by atoms with Gasteiger partial charge in [0, 0.05) is 17.2 Å². The third-order valence-corrected chi connectivity index (χ3v) is 4.71. The Bertz CT molecular complexity index is 857. The van der Waals surface area contributed by atoms with Gasteiger partial charge in [0.25, 0.3) is 5.91 Å². The number of carbonyl (C=O) groups is 2. The molecule has 2 aromatic rings. The number of nitrogens with one attached hydrogen (secondary N) is 1. The summed E-state index contributed by atoms with van der Waals surface area (Å²) in [6, 6.07) is 6.32. The Hall–Kier alpha value is -2.26. The maximum Gasteiger partial charge on any atom is 0.311 e. The lowest BCUT2D eigenvalue weighted by molar-refractivity contribution is -0.142. The van der Waals surface area contributed by atoms with Crippen LogP contribution in [0.3, 0.4) is 0 Å². The van der Waals surface area contributed by atoms with E-state index in [4.69, 9.17) is 4.74 Å². The molecule has 1 aromatic carbocycles. The van der Waals surface area contributed by atoms with Crippen molar-refractivity contribution in [1.82, 2.24) is 4.98 Å². The molecule has 25 heavy (non-hydrogen) atoms. The molecule has 0 saturated carbocycles. The second kappa shape index (κ2) is 8.21. The Kier molecular flexibility index (Phi) is 6.27. The Morgan fingerprint density at radius 2 is 1.92 bits per heavy atom. The topological polar surface area (TPSA) is 102 Å². The molecule has 0 spiro atoms. The average Bonchev–Trinajstić information content (AvgIpc) is 2.93. The van der Waals surface area contributed by atoms with Crippen molar-refractivity contribution in [1.29, 1.82) is 0 Å². The Labute approximate surface area is 150 Å². The van der Waals surface area contributed by atoms with E-state index in [1.54, 1.807) is 36.6 Å². The molecule has 7 nitrogen and oxygen atoms in total. The summed E-state index contributed by atoms with van der Waals surface area (Å²) < 4.78 is 27.4. The van der Waals surface area contributed by atoms with Crippen molar-refractivity contribution in [2.75, 3.05) is 18.2 Å². The minimum atomic E-state index is -3.12. The molecule has 0 aliphatic carbocycles. The highest BCUT2D eigenvalue weighted by atomic mass is 32.2.